The highest BCUT2D eigenvalue weighted by atomic mass is 16.5. The van der Waals surface area contributed by atoms with Gasteiger partial charge in [0, 0.05) is 11.5 Å². The Labute approximate surface area is 96.4 Å². The van der Waals surface area contributed by atoms with E-state index in [1.54, 1.807) is 14.2 Å². The van der Waals surface area contributed by atoms with Gasteiger partial charge in [-0.2, -0.15) is 0 Å². The maximum atomic E-state index is 11.1. The Morgan fingerprint density at radius 2 is 1.88 bits per heavy atom. The summed E-state index contributed by atoms with van der Waals surface area (Å²) in [5, 5.41) is 0. The first-order valence-corrected chi connectivity index (χ1v) is 5.31. The molecule has 0 aliphatic heterocycles. The summed E-state index contributed by atoms with van der Waals surface area (Å²) in [6.45, 7) is 4.02. The molecule has 88 valence electrons. The summed E-state index contributed by atoms with van der Waals surface area (Å²) in [6, 6.07) is 5.51. The smallest absolute Gasteiger partial charge is 0.127 e. The second-order valence-corrected chi connectivity index (χ2v) is 4.01. The predicted molar refractivity (Wildman–Crippen MR) is 63.2 cm³/mol. The summed E-state index contributed by atoms with van der Waals surface area (Å²) in [4.78, 5) is 11.1. The van der Waals surface area contributed by atoms with Gasteiger partial charge >= 0.3 is 0 Å². The number of benzene rings is 1. The molecule has 0 saturated carbocycles. The maximum absolute atomic E-state index is 11.1. The molecule has 0 N–H and O–H groups in total. The topological polar surface area (TPSA) is 35.5 Å². The van der Waals surface area contributed by atoms with Crippen LogP contribution in [0.2, 0.25) is 0 Å². The highest BCUT2D eigenvalue weighted by Crippen LogP contribution is 2.33. The molecule has 0 aliphatic carbocycles. The number of methoxy groups -OCH3 is 2. The number of ether oxygens (including phenoxy) is 2. The van der Waals surface area contributed by atoms with Crippen molar-refractivity contribution in [1.82, 2.24) is 0 Å². The van der Waals surface area contributed by atoms with Crippen LogP contribution in [0.3, 0.4) is 0 Å². The monoisotopic (exact) mass is 222 g/mol. The molecule has 0 bridgehead atoms. The van der Waals surface area contributed by atoms with Crippen molar-refractivity contribution in [2.45, 2.75) is 19.8 Å². The lowest BCUT2D eigenvalue weighted by atomic mass is 9.89. The second-order valence-electron chi connectivity index (χ2n) is 4.01. The number of hydrogen-bond donors (Lipinski definition) is 0. The minimum atomic E-state index is -0.162. The van der Waals surface area contributed by atoms with Crippen LogP contribution >= 0.6 is 0 Å². The predicted octanol–water partition coefficient (Wildman–Crippen LogP) is 2.64. The van der Waals surface area contributed by atoms with Crippen LogP contribution in [-0.2, 0) is 4.79 Å². The highest BCUT2D eigenvalue weighted by molar-refractivity contribution is 5.65. The van der Waals surface area contributed by atoms with Crippen molar-refractivity contribution in [3.8, 4) is 11.5 Å². The zero-order valence-corrected chi connectivity index (χ0v) is 10.2. The van der Waals surface area contributed by atoms with Gasteiger partial charge in [0.1, 0.15) is 17.8 Å². The first-order valence-electron chi connectivity index (χ1n) is 5.31. The van der Waals surface area contributed by atoms with E-state index in [4.69, 9.17) is 9.47 Å². The molecule has 1 rings (SSSR count). The molecule has 16 heavy (non-hydrogen) atoms. The van der Waals surface area contributed by atoms with Crippen LogP contribution in [-0.4, -0.2) is 20.5 Å². The summed E-state index contributed by atoms with van der Waals surface area (Å²) in [6.07, 6.45) is 0.960. The van der Waals surface area contributed by atoms with Gasteiger partial charge in [0.15, 0.2) is 0 Å². The molecule has 1 unspecified atom stereocenters. The zero-order valence-electron chi connectivity index (χ0n) is 10.2. The first kappa shape index (κ1) is 12.6. The highest BCUT2D eigenvalue weighted by Gasteiger charge is 2.19. The summed E-state index contributed by atoms with van der Waals surface area (Å²) < 4.78 is 10.4. The largest absolute Gasteiger partial charge is 0.497 e. The van der Waals surface area contributed by atoms with Crippen molar-refractivity contribution in [2.24, 2.45) is 5.92 Å². The van der Waals surface area contributed by atoms with E-state index >= 15 is 0 Å². The second kappa shape index (κ2) is 5.54. The van der Waals surface area contributed by atoms with Crippen LogP contribution in [0, 0.1) is 5.92 Å². The lowest BCUT2D eigenvalue weighted by Gasteiger charge is -2.18. The Bertz CT molecular complexity index is 358. The van der Waals surface area contributed by atoms with Crippen LogP contribution in [0.1, 0.15) is 25.3 Å². The van der Waals surface area contributed by atoms with Crippen molar-refractivity contribution in [1.29, 1.82) is 0 Å². The van der Waals surface area contributed by atoms with Crippen LogP contribution in [0.25, 0.3) is 0 Å². The van der Waals surface area contributed by atoms with Crippen molar-refractivity contribution in [3.05, 3.63) is 23.8 Å². The third-order valence-electron chi connectivity index (χ3n) is 2.66. The molecular formula is C13H18O3. The Balaban J connectivity index is 3.21. The molecule has 0 aliphatic rings. The van der Waals surface area contributed by atoms with Gasteiger partial charge in [-0.3, -0.25) is 0 Å². The number of hydrogen-bond acceptors (Lipinski definition) is 3. The molecule has 3 heteroatoms. The van der Waals surface area contributed by atoms with Gasteiger partial charge in [0.25, 0.3) is 0 Å². The van der Waals surface area contributed by atoms with E-state index < -0.39 is 0 Å². The molecule has 1 aromatic rings. The Kier molecular flexibility index (Phi) is 4.35. The molecule has 0 fully saturated rings. The number of aldehydes is 1. The van der Waals surface area contributed by atoms with Gasteiger partial charge in [0.05, 0.1) is 14.2 Å². The minimum Gasteiger partial charge on any atom is -0.497 e. The van der Waals surface area contributed by atoms with Crippen molar-refractivity contribution in [2.75, 3.05) is 14.2 Å². The van der Waals surface area contributed by atoms with E-state index in [0.29, 0.717) is 0 Å². The molecule has 1 aromatic carbocycles. The van der Waals surface area contributed by atoms with Gasteiger partial charge in [-0.05, 0) is 24.1 Å². The fourth-order valence-corrected chi connectivity index (χ4v) is 1.69. The molecule has 0 heterocycles. The quantitative estimate of drug-likeness (QED) is 0.718. The van der Waals surface area contributed by atoms with Crippen LogP contribution < -0.4 is 9.47 Å². The van der Waals surface area contributed by atoms with Crippen LogP contribution in [0.4, 0.5) is 0 Å². The lowest BCUT2D eigenvalue weighted by molar-refractivity contribution is -0.109. The van der Waals surface area contributed by atoms with E-state index in [9.17, 15) is 4.79 Å². The van der Waals surface area contributed by atoms with Crippen LogP contribution in [0.15, 0.2) is 18.2 Å². The standard InChI is InChI=1S/C13H18O3/c1-9(2)12(8-14)11-7-10(15-3)5-6-13(11)16-4/h5-9,12H,1-4H3. The summed E-state index contributed by atoms with van der Waals surface area (Å²) in [5.74, 6) is 1.54. The molecule has 3 nitrogen and oxygen atoms in total. The summed E-state index contributed by atoms with van der Waals surface area (Å²) >= 11 is 0. The summed E-state index contributed by atoms with van der Waals surface area (Å²) in [5.41, 5.74) is 0.881. The van der Waals surface area contributed by atoms with E-state index in [2.05, 4.69) is 0 Å². The van der Waals surface area contributed by atoms with Gasteiger partial charge in [0.2, 0.25) is 0 Å². The maximum Gasteiger partial charge on any atom is 0.127 e. The van der Waals surface area contributed by atoms with Crippen molar-refractivity contribution >= 4 is 6.29 Å². The van der Waals surface area contributed by atoms with Crippen LogP contribution in [0.5, 0.6) is 11.5 Å². The third kappa shape index (κ3) is 2.54. The van der Waals surface area contributed by atoms with Crippen molar-refractivity contribution in [3.63, 3.8) is 0 Å². The molecule has 0 saturated heterocycles. The van der Waals surface area contributed by atoms with E-state index in [-0.39, 0.29) is 11.8 Å². The Morgan fingerprint density at radius 3 is 2.31 bits per heavy atom. The fraction of sp³-hybridized carbons (Fsp3) is 0.462. The number of carbonyl (C=O) groups is 1. The van der Waals surface area contributed by atoms with E-state index in [1.165, 1.54) is 0 Å². The van der Waals surface area contributed by atoms with E-state index in [0.717, 1.165) is 23.3 Å². The molecule has 0 spiro atoms. The Morgan fingerprint density at radius 1 is 1.19 bits per heavy atom. The molecule has 0 radical (unpaired) electrons. The Hall–Kier alpha value is -1.51. The zero-order chi connectivity index (χ0) is 12.1. The van der Waals surface area contributed by atoms with Gasteiger partial charge in [-0.1, -0.05) is 13.8 Å². The van der Waals surface area contributed by atoms with Crippen molar-refractivity contribution < 1.29 is 14.3 Å². The molecule has 0 aromatic heterocycles. The van der Waals surface area contributed by atoms with Gasteiger partial charge in [-0.15, -0.1) is 0 Å². The third-order valence-corrected chi connectivity index (χ3v) is 2.66. The average molecular weight is 222 g/mol. The SMILES string of the molecule is COc1ccc(OC)c(C(C=O)C(C)C)c1. The molecule has 0 amide bonds. The fourth-order valence-electron chi connectivity index (χ4n) is 1.69. The summed E-state index contributed by atoms with van der Waals surface area (Å²) in [7, 11) is 3.21. The van der Waals surface area contributed by atoms with Gasteiger partial charge in [-0.25, -0.2) is 0 Å². The van der Waals surface area contributed by atoms with E-state index in [1.807, 2.05) is 32.0 Å². The molecule has 1 atom stereocenters. The first-order chi connectivity index (χ1) is 7.63. The number of carbonyl (C=O) groups excluding carboxylic acids is 1. The lowest BCUT2D eigenvalue weighted by Crippen LogP contribution is -2.09. The molecular weight excluding hydrogens is 204 g/mol. The minimum absolute atomic E-state index is 0.162. The normalized spacial score (nSPS) is 12.3. The average Bonchev–Trinajstić information content (AvgIpc) is 2.29. The van der Waals surface area contributed by atoms with Gasteiger partial charge < -0.3 is 14.3 Å². The number of rotatable bonds is 5.